The average Bonchev–Trinajstić information content (AvgIpc) is 3.49. The first-order valence-electron chi connectivity index (χ1n) is 15.7. The molecule has 0 radical (unpaired) electrons. The van der Waals surface area contributed by atoms with Crippen molar-refractivity contribution in [3.05, 3.63) is 170 Å². The maximum absolute atomic E-state index is 6.24. The third-order valence-electron chi connectivity index (χ3n) is 8.82. The van der Waals surface area contributed by atoms with Gasteiger partial charge in [-0.2, -0.15) is 0 Å². The van der Waals surface area contributed by atoms with Crippen LogP contribution in [0.5, 0.6) is 0 Å². The van der Waals surface area contributed by atoms with Crippen LogP contribution in [0.1, 0.15) is 0 Å². The van der Waals surface area contributed by atoms with Crippen LogP contribution in [0, 0.1) is 0 Å². The zero-order valence-corrected chi connectivity index (χ0v) is 27.4. The van der Waals surface area contributed by atoms with Crippen molar-refractivity contribution < 1.29 is 0 Å². The van der Waals surface area contributed by atoms with E-state index in [0.717, 1.165) is 27.6 Å². The van der Waals surface area contributed by atoms with Crippen molar-refractivity contribution >= 4 is 88.9 Å². The van der Waals surface area contributed by atoms with E-state index in [1.165, 1.54) is 36.2 Å². The number of anilines is 5. The topological polar surface area (TPSA) is 63.0 Å². The fourth-order valence-electron chi connectivity index (χ4n) is 6.62. The molecular weight excluding hydrogens is 609 g/mol. The predicted octanol–water partition coefficient (Wildman–Crippen LogP) is 7.90. The van der Waals surface area contributed by atoms with Crippen LogP contribution >= 0.6 is 11.3 Å². The van der Waals surface area contributed by atoms with Crippen LogP contribution in [0.15, 0.2) is 170 Å². The molecule has 0 atom stereocenters. The van der Waals surface area contributed by atoms with Gasteiger partial charge in [-0.3, -0.25) is 0 Å². The fraction of sp³-hybridized carbons (Fsp3) is 0. The van der Waals surface area contributed by atoms with Gasteiger partial charge in [-0.1, -0.05) is 115 Å². The molecule has 0 aliphatic heterocycles. The van der Waals surface area contributed by atoms with Gasteiger partial charge in [0.15, 0.2) is 8.07 Å². The van der Waals surface area contributed by atoms with Gasteiger partial charge in [0.05, 0.1) is 22.7 Å². The number of nitrogens with zero attached hydrogens (tertiary/aromatic N) is 1. The molecule has 6 heteroatoms. The first kappa shape index (κ1) is 28.8. The number of thiophene rings is 1. The van der Waals surface area contributed by atoms with Gasteiger partial charge >= 0.3 is 0 Å². The Balaban J connectivity index is 1.27. The van der Waals surface area contributed by atoms with Crippen molar-refractivity contribution in [3.63, 3.8) is 0 Å². The van der Waals surface area contributed by atoms with Gasteiger partial charge in [0, 0.05) is 27.4 Å². The number of aromatic nitrogens is 1. The van der Waals surface area contributed by atoms with Crippen LogP contribution < -0.4 is 37.1 Å². The Morgan fingerprint density at radius 2 is 1.02 bits per heavy atom. The minimum absolute atomic E-state index is 0.706. The summed E-state index contributed by atoms with van der Waals surface area (Å²) in [7, 11) is -2.69. The fourth-order valence-corrected chi connectivity index (χ4v) is 12.3. The van der Waals surface area contributed by atoms with Gasteiger partial charge < -0.3 is 16.4 Å². The maximum Gasteiger partial charge on any atom is 0.181 e. The summed E-state index contributed by atoms with van der Waals surface area (Å²) in [4.78, 5) is 6.20. The molecule has 0 saturated carbocycles. The third kappa shape index (κ3) is 5.23. The molecule has 0 unspecified atom stereocenters. The van der Waals surface area contributed by atoms with E-state index >= 15 is 0 Å². The first-order valence-corrected chi connectivity index (χ1v) is 18.5. The quantitative estimate of drug-likeness (QED) is 0.0898. The van der Waals surface area contributed by atoms with Gasteiger partial charge in [-0.25, -0.2) is 4.98 Å². The number of hydrogen-bond acceptors (Lipinski definition) is 5. The smallest absolute Gasteiger partial charge is 0.181 e. The van der Waals surface area contributed by atoms with Crippen molar-refractivity contribution in [1.29, 1.82) is 0 Å². The van der Waals surface area contributed by atoms with E-state index in [2.05, 4.69) is 144 Å². The summed E-state index contributed by atoms with van der Waals surface area (Å²) in [5.74, 6) is 0. The molecule has 8 rings (SSSR count). The summed E-state index contributed by atoms with van der Waals surface area (Å²) in [6.45, 7) is 0. The van der Waals surface area contributed by atoms with Crippen molar-refractivity contribution in [1.82, 2.24) is 4.98 Å². The van der Waals surface area contributed by atoms with Gasteiger partial charge in [-0.05, 0) is 69.3 Å². The van der Waals surface area contributed by atoms with Crippen molar-refractivity contribution in [2.24, 2.45) is 0 Å². The normalized spacial score (nSPS) is 11.5. The van der Waals surface area contributed by atoms with Crippen LogP contribution in [0.25, 0.3) is 20.3 Å². The Morgan fingerprint density at radius 1 is 0.489 bits per heavy atom. The van der Waals surface area contributed by atoms with E-state index in [-0.39, 0.29) is 0 Å². The third-order valence-corrected chi connectivity index (χ3v) is 14.6. The van der Waals surface area contributed by atoms with Crippen molar-refractivity contribution in [2.45, 2.75) is 0 Å². The molecule has 6 aromatic carbocycles. The number of pyridine rings is 1. The van der Waals surface area contributed by atoms with Gasteiger partial charge in [0.2, 0.25) is 0 Å². The standard InChI is InChI=1S/C41H32N4SSi/c42-36-20-10-11-21-37(36)45-39-23-13-12-22-38(39)44-29-24-25-40-34(26-29)35-27-33(28-43-41(35)46-40)47(30-14-4-1-5-15-30,31-16-6-2-7-17-31)32-18-8-3-9-19-32/h1-28,44-45H,42H2. The van der Waals surface area contributed by atoms with E-state index in [9.17, 15) is 0 Å². The molecule has 47 heavy (non-hydrogen) atoms. The molecule has 8 aromatic rings. The number of nitrogens with two attached hydrogens (primary N) is 1. The second kappa shape index (κ2) is 12.2. The van der Waals surface area contributed by atoms with E-state index in [4.69, 9.17) is 10.7 Å². The van der Waals surface area contributed by atoms with Crippen LogP contribution in [-0.2, 0) is 0 Å². The van der Waals surface area contributed by atoms with E-state index in [1.807, 2.05) is 36.4 Å². The number of rotatable bonds is 8. The highest BCUT2D eigenvalue weighted by Crippen LogP contribution is 2.36. The molecule has 0 aliphatic carbocycles. The number of nitrogens with one attached hydrogen (secondary N) is 2. The van der Waals surface area contributed by atoms with Crippen LogP contribution in [0.4, 0.5) is 28.4 Å². The Hall–Kier alpha value is -5.69. The molecule has 0 saturated heterocycles. The van der Waals surface area contributed by atoms with E-state index < -0.39 is 8.07 Å². The summed E-state index contributed by atoms with van der Waals surface area (Å²) in [6.07, 6.45) is 2.13. The Kier molecular flexibility index (Phi) is 7.49. The van der Waals surface area contributed by atoms with Gasteiger partial charge in [0.25, 0.3) is 0 Å². The Labute approximate surface area is 279 Å². The molecule has 4 N–H and O–H groups in total. The minimum Gasteiger partial charge on any atom is -0.397 e. The van der Waals surface area contributed by atoms with Crippen molar-refractivity contribution in [2.75, 3.05) is 16.4 Å². The molecule has 4 nitrogen and oxygen atoms in total. The second-order valence-corrected chi connectivity index (χ2v) is 16.5. The van der Waals surface area contributed by atoms with Gasteiger partial charge in [0.1, 0.15) is 4.83 Å². The predicted molar refractivity (Wildman–Crippen MR) is 205 cm³/mol. The molecule has 2 aromatic heterocycles. The monoisotopic (exact) mass is 640 g/mol. The lowest BCUT2D eigenvalue weighted by molar-refractivity contribution is 1.46. The lowest BCUT2D eigenvalue weighted by Gasteiger charge is -2.34. The largest absolute Gasteiger partial charge is 0.397 e. The summed E-state index contributed by atoms with van der Waals surface area (Å²) in [5, 5.41) is 14.8. The summed E-state index contributed by atoms with van der Waals surface area (Å²) in [6, 6.07) is 58.0. The average molecular weight is 641 g/mol. The summed E-state index contributed by atoms with van der Waals surface area (Å²) >= 11 is 1.74. The number of para-hydroxylation sites is 4. The highest BCUT2D eigenvalue weighted by Gasteiger charge is 2.41. The van der Waals surface area contributed by atoms with Crippen LogP contribution in [0.2, 0.25) is 0 Å². The molecule has 2 heterocycles. The maximum atomic E-state index is 6.24. The molecular formula is C41H32N4SSi. The highest BCUT2D eigenvalue weighted by atomic mass is 32.1. The number of nitrogen functional groups attached to an aromatic ring is 1. The molecule has 0 aliphatic rings. The summed E-state index contributed by atoms with van der Waals surface area (Å²) in [5.41, 5.74) is 10.8. The second-order valence-electron chi connectivity index (χ2n) is 11.6. The molecule has 0 bridgehead atoms. The van der Waals surface area contributed by atoms with E-state index in [0.29, 0.717) is 5.69 Å². The zero-order chi connectivity index (χ0) is 31.6. The Bertz CT molecular complexity index is 2230. The van der Waals surface area contributed by atoms with Gasteiger partial charge in [-0.15, -0.1) is 11.3 Å². The lowest BCUT2D eigenvalue weighted by atomic mass is 10.1. The number of benzene rings is 6. The highest BCUT2D eigenvalue weighted by molar-refractivity contribution is 7.25. The lowest BCUT2D eigenvalue weighted by Crippen LogP contribution is -2.74. The molecule has 0 fully saturated rings. The molecule has 0 amide bonds. The summed E-state index contributed by atoms with van der Waals surface area (Å²) < 4.78 is 1.21. The van der Waals surface area contributed by atoms with Crippen LogP contribution in [-0.4, -0.2) is 13.1 Å². The number of fused-ring (bicyclic) bond motifs is 3. The zero-order valence-electron chi connectivity index (χ0n) is 25.6. The first-order chi connectivity index (χ1) is 23.2. The number of hydrogen-bond donors (Lipinski definition) is 3. The van der Waals surface area contributed by atoms with E-state index in [1.54, 1.807) is 11.3 Å². The molecule has 226 valence electrons. The Morgan fingerprint density at radius 3 is 1.62 bits per heavy atom. The minimum atomic E-state index is -2.69. The van der Waals surface area contributed by atoms with Crippen molar-refractivity contribution in [3.8, 4) is 0 Å². The van der Waals surface area contributed by atoms with Crippen LogP contribution in [0.3, 0.4) is 0 Å². The SMILES string of the molecule is Nc1ccccc1Nc1ccccc1Nc1ccc2sc3ncc([Si](c4ccccc4)(c4ccccc4)c4ccccc4)cc3c2c1. The molecule has 0 spiro atoms.